The van der Waals surface area contributed by atoms with E-state index in [9.17, 15) is 4.79 Å². The Morgan fingerprint density at radius 2 is 2.05 bits per heavy atom. The van der Waals surface area contributed by atoms with Gasteiger partial charge in [-0.3, -0.25) is 4.79 Å². The lowest BCUT2D eigenvalue weighted by Gasteiger charge is -2.14. The van der Waals surface area contributed by atoms with Gasteiger partial charge in [-0.2, -0.15) is 0 Å². The molecule has 0 aliphatic carbocycles. The van der Waals surface area contributed by atoms with Crippen molar-refractivity contribution in [3.8, 4) is 5.75 Å². The van der Waals surface area contributed by atoms with Crippen molar-refractivity contribution in [2.75, 3.05) is 18.2 Å². The third-order valence-electron chi connectivity index (χ3n) is 2.99. The van der Waals surface area contributed by atoms with E-state index in [4.69, 9.17) is 22.1 Å². The maximum absolute atomic E-state index is 12.3. The van der Waals surface area contributed by atoms with E-state index in [0.717, 1.165) is 10.0 Å². The normalized spacial score (nSPS) is 10.3. The Morgan fingerprint density at radius 3 is 2.67 bits per heavy atom. The van der Waals surface area contributed by atoms with Crippen LogP contribution in [0.1, 0.15) is 15.9 Å². The number of amides is 1. The second-order valence-electron chi connectivity index (χ2n) is 4.49. The highest BCUT2D eigenvalue weighted by atomic mass is 79.9. The summed E-state index contributed by atoms with van der Waals surface area (Å²) in [5, 5.41) is 3.18. The maximum atomic E-state index is 12.3. The van der Waals surface area contributed by atoms with Crippen LogP contribution in [0, 0.1) is 6.92 Å². The van der Waals surface area contributed by atoms with Gasteiger partial charge >= 0.3 is 0 Å². The van der Waals surface area contributed by atoms with Crippen LogP contribution < -0.4 is 15.8 Å². The molecule has 0 aliphatic heterocycles. The Bertz CT molecular complexity index is 704. The Morgan fingerprint density at radius 1 is 1.33 bits per heavy atom. The number of benzene rings is 2. The van der Waals surface area contributed by atoms with Crippen LogP contribution in [0.3, 0.4) is 0 Å². The molecule has 2 rings (SSSR count). The molecule has 0 aromatic heterocycles. The van der Waals surface area contributed by atoms with Crippen molar-refractivity contribution in [3.63, 3.8) is 0 Å². The quantitative estimate of drug-likeness (QED) is 0.795. The molecule has 21 heavy (non-hydrogen) atoms. The molecule has 0 fully saturated rings. The number of nitrogen functional groups attached to an aromatic ring is 1. The monoisotopic (exact) mass is 368 g/mol. The molecule has 3 N–H and O–H groups in total. The standard InChI is InChI=1S/C15H14BrClN2O2/c1-8-5-10(16)7-13(21-2)14(8)19-15(20)9-3-4-12(18)11(17)6-9/h3-7H,18H2,1-2H3,(H,19,20). The van der Waals surface area contributed by atoms with E-state index in [1.54, 1.807) is 25.3 Å². The molecule has 110 valence electrons. The molecule has 6 heteroatoms. The lowest BCUT2D eigenvalue weighted by Crippen LogP contribution is -2.14. The molecule has 2 aromatic rings. The summed E-state index contributed by atoms with van der Waals surface area (Å²) in [7, 11) is 1.55. The molecule has 0 atom stereocenters. The predicted octanol–water partition coefficient (Wildman–Crippen LogP) is 4.25. The molecule has 1 amide bonds. The molecule has 0 aliphatic rings. The largest absolute Gasteiger partial charge is 0.495 e. The van der Waals surface area contributed by atoms with Crippen LogP contribution in [0.25, 0.3) is 0 Å². The number of carbonyl (C=O) groups excluding carboxylic acids is 1. The number of ether oxygens (including phenoxy) is 1. The summed E-state index contributed by atoms with van der Waals surface area (Å²) in [6.07, 6.45) is 0. The molecule has 0 radical (unpaired) electrons. The van der Waals surface area contributed by atoms with Crippen molar-refractivity contribution in [3.05, 3.63) is 51.0 Å². The molecule has 4 nitrogen and oxygen atoms in total. The summed E-state index contributed by atoms with van der Waals surface area (Å²) >= 11 is 9.33. The summed E-state index contributed by atoms with van der Waals surface area (Å²) < 4.78 is 6.18. The molecular weight excluding hydrogens is 356 g/mol. The number of aryl methyl sites for hydroxylation is 1. The van der Waals surface area contributed by atoms with Gasteiger partial charge in [0.05, 0.1) is 23.5 Å². The van der Waals surface area contributed by atoms with Gasteiger partial charge in [0.2, 0.25) is 0 Å². The summed E-state index contributed by atoms with van der Waals surface area (Å²) in [4.78, 5) is 12.3. The minimum absolute atomic E-state index is 0.277. The first kappa shape index (κ1) is 15.7. The van der Waals surface area contributed by atoms with Crippen molar-refractivity contribution in [2.45, 2.75) is 6.92 Å². The van der Waals surface area contributed by atoms with E-state index in [2.05, 4.69) is 21.2 Å². The number of anilines is 2. The Labute approximate surface area is 136 Å². The van der Waals surface area contributed by atoms with Crippen LogP contribution >= 0.6 is 27.5 Å². The highest BCUT2D eigenvalue weighted by molar-refractivity contribution is 9.10. The number of hydrogen-bond acceptors (Lipinski definition) is 3. The van der Waals surface area contributed by atoms with Crippen LogP contribution in [0.15, 0.2) is 34.8 Å². The third-order valence-corrected chi connectivity index (χ3v) is 3.77. The van der Waals surface area contributed by atoms with Gasteiger partial charge in [0.25, 0.3) is 5.91 Å². The zero-order valence-electron chi connectivity index (χ0n) is 11.5. The van der Waals surface area contributed by atoms with E-state index in [0.29, 0.717) is 27.7 Å². The first-order valence-electron chi connectivity index (χ1n) is 6.13. The van der Waals surface area contributed by atoms with Crippen molar-refractivity contribution >= 4 is 44.8 Å². The number of methoxy groups -OCH3 is 1. The number of hydrogen-bond donors (Lipinski definition) is 2. The van der Waals surface area contributed by atoms with E-state index in [1.807, 2.05) is 13.0 Å². The van der Waals surface area contributed by atoms with E-state index in [-0.39, 0.29) is 5.91 Å². The average molecular weight is 370 g/mol. The van der Waals surface area contributed by atoms with Crippen molar-refractivity contribution in [1.82, 2.24) is 0 Å². The van der Waals surface area contributed by atoms with Gasteiger partial charge in [-0.15, -0.1) is 0 Å². The summed E-state index contributed by atoms with van der Waals surface area (Å²) in [5.74, 6) is 0.303. The van der Waals surface area contributed by atoms with E-state index >= 15 is 0 Å². The van der Waals surface area contributed by atoms with Crippen molar-refractivity contribution in [1.29, 1.82) is 0 Å². The molecule has 2 aromatic carbocycles. The number of nitrogens with two attached hydrogens (primary N) is 1. The number of halogens is 2. The van der Waals surface area contributed by atoms with Gasteiger partial charge < -0.3 is 15.8 Å². The molecule has 0 saturated heterocycles. The van der Waals surface area contributed by atoms with E-state index in [1.165, 1.54) is 6.07 Å². The Balaban J connectivity index is 2.33. The maximum Gasteiger partial charge on any atom is 0.255 e. The summed E-state index contributed by atoms with van der Waals surface area (Å²) in [5.41, 5.74) is 8.01. The van der Waals surface area contributed by atoms with Gasteiger partial charge in [-0.05, 0) is 42.8 Å². The van der Waals surface area contributed by atoms with Crippen LogP contribution in [0.2, 0.25) is 5.02 Å². The predicted molar refractivity (Wildman–Crippen MR) is 89.2 cm³/mol. The fraction of sp³-hybridized carbons (Fsp3) is 0.133. The Kier molecular flexibility index (Phi) is 4.75. The van der Waals surface area contributed by atoms with Crippen LogP contribution in [-0.2, 0) is 0 Å². The smallest absolute Gasteiger partial charge is 0.255 e. The van der Waals surface area contributed by atoms with Gasteiger partial charge in [0, 0.05) is 10.0 Å². The van der Waals surface area contributed by atoms with Crippen LogP contribution in [0.4, 0.5) is 11.4 Å². The molecule has 0 bridgehead atoms. The number of rotatable bonds is 3. The second-order valence-corrected chi connectivity index (χ2v) is 5.81. The highest BCUT2D eigenvalue weighted by Gasteiger charge is 2.14. The minimum Gasteiger partial charge on any atom is -0.495 e. The molecule has 0 heterocycles. The van der Waals surface area contributed by atoms with E-state index < -0.39 is 0 Å². The minimum atomic E-state index is -0.277. The van der Waals surface area contributed by atoms with Gasteiger partial charge in [-0.1, -0.05) is 27.5 Å². The first-order valence-corrected chi connectivity index (χ1v) is 7.30. The highest BCUT2D eigenvalue weighted by Crippen LogP contribution is 2.32. The van der Waals surface area contributed by atoms with Crippen LogP contribution in [0.5, 0.6) is 5.75 Å². The van der Waals surface area contributed by atoms with Crippen molar-refractivity contribution in [2.24, 2.45) is 0 Å². The lowest BCUT2D eigenvalue weighted by atomic mass is 10.1. The van der Waals surface area contributed by atoms with Gasteiger partial charge in [0.1, 0.15) is 5.75 Å². The van der Waals surface area contributed by atoms with Gasteiger partial charge in [0.15, 0.2) is 0 Å². The second kappa shape index (κ2) is 6.37. The zero-order chi connectivity index (χ0) is 15.6. The molecular formula is C15H14BrClN2O2. The average Bonchev–Trinajstić information content (AvgIpc) is 2.44. The molecule has 0 saturated carbocycles. The first-order chi connectivity index (χ1) is 9.92. The SMILES string of the molecule is COc1cc(Br)cc(C)c1NC(=O)c1ccc(N)c(Cl)c1. The topological polar surface area (TPSA) is 64.3 Å². The van der Waals surface area contributed by atoms with Crippen LogP contribution in [-0.4, -0.2) is 13.0 Å². The lowest BCUT2D eigenvalue weighted by molar-refractivity contribution is 0.102. The van der Waals surface area contributed by atoms with Gasteiger partial charge in [-0.25, -0.2) is 0 Å². The van der Waals surface area contributed by atoms with Crippen molar-refractivity contribution < 1.29 is 9.53 Å². The fourth-order valence-corrected chi connectivity index (χ4v) is 2.62. The zero-order valence-corrected chi connectivity index (χ0v) is 13.9. The number of nitrogens with one attached hydrogen (secondary N) is 1. The Hall–Kier alpha value is -1.72. The summed E-state index contributed by atoms with van der Waals surface area (Å²) in [6, 6.07) is 8.44. The summed E-state index contributed by atoms with van der Waals surface area (Å²) in [6.45, 7) is 1.89. The third kappa shape index (κ3) is 3.49. The fourth-order valence-electron chi connectivity index (χ4n) is 1.89. The molecule has 0 unspecified atom stereocenters. The number of carbonyl (C=O) groups is 1. The molecule has 0 spiro atoms.